The molecule has 0 aliphatic carbocycles. The van der Waals surface area contributed by atoms with Gasteiger partial charge >= 0.3 is 6.09 Å². The van der Waals surface area contributed by atoms with E-state index in [4.69, 9.17) is 4.74 Å². The number of carbonyl (C=O) groups excluding carboxylic acids is 2. The molecule has 1 unspecified atom stereocenters. The van der Waals surface area contributed by atoms with Crippen molar-refractivity contribution < 1.29 is 22.7 Å². The van der Waals surface area contributed by atoms with E-state index >= 15 is 0 Å². The number of piperidine rings is 1. The van der Waals surface area contributed by atoms with E-state index in [0.29, 0.717) is 39.1 Å². The van der Waals surface area contributed by atoms with Crippen LogP contribution in [0.3, 0.4) is 0 Å². The maximum absolute atomic E-state index is 12.0. The molecule has 8 nitrogen and oxygen atoms in total. The van der Waals surface area contributed by atoms with Crippen molar-refractivity contribution in [3.05, 3.63) is 0 Å². The van der Waals surface area contributed by atoms with Crippen LogP contribution >= 0.6 is 0 Å². The largest absolute Gasteiger partial charge is 0.450 e. The fourth-order valence-corrected chi connectivity index (χ4v) is 4.77. The second-order valence-electron chi connectivity index (χ2n) is 6.33. The Kier molecular flexibility index (Phi) is 6.85. The maximum atomic E-state index is 12.0. The summed E-state index contributed by atoms with van der Waals surface area (Å²) in [4.78, 5) is 25.2. The van der Waals surface area contributed by atoms with Gasteiger partial charge in [-0.3, -0.25) is 4.79 Å². The maximum Gasteiger partial charge on any atom is 0.409 e. The Hall–Kier alpha value is -1.35. The highest BCUT2D eigenvalue weighted by Gasteiger charge is 2.27. The molecule has 138 valence electrons. The van der Waals surface area contributed by atoms with E-state index in [-0.39, 0.29) is 35.6 Å². The second kappa shape index (κ2) is 8.66. The minimum Gasteiger partial charge on any atom is -0.450 e. The van der Waals surface area contributed by atoms with Crippen LogP contribution in [0.5, 0.6) is 0 Å². The summed E-state index contributed by atoms with van der Waals surface area (Å²) in [6.45, 7) is 3.79. The molecule has 9 heteroatoms. The normalized spacial score (nSPS) is 23.9. The highest BCUT2D eigenvalue weighted by molar-refractivity contribution is 7.91. The Morgan fingerprint density at radius 3 is 2.46 bits per heavy atom. The van der Waals surface area contributed by atoms with Gasteiger partial charge in [-0.2, -0.15) is 0 Å². The minimum absolute atomic E-state index is 0.0318. The van der Waals surface area contributed by atoms with Crippen LogP contribution in [0.1, 0.15) is 32.6 Å². The number of carbonyl (C=O) groups is 2. The van der Waals surface area contributed by atoms with Crippen molar-refractivity contribution in [3.8, 4) is 0 Å². The number of nitrogens with one attached hydrogen (secondary N) is 2. The molecule has 0 spiro atoms. The van der Waals surface area contributed by atoms with E-state index in [0.717, 1.165) is 12.8 Å². The van der Waals surface area contributed by atoms with Crippen LogP contribution in [0.4, 0.5) is 4.79 Å². The Bertz CT molecular complexity index is 543. The summed E-state index contributed by atoms with van der Waals surface area (Å²) in [5.41, 5.74) is 0. The summed E-state index contributed by atoms with van der Waals surface area (Å²) in [7, 11) is -2.89. The number of sulfone groups is 1. The van der Waals surface area contributed by atoms with E-state index in [9.17, 15) is 18.0 Å². The first kappa shape index (κ1) is 19.0. The lowest BCUT2D eigenvalue weighted by Crippen LogP contribution is -2.47. The number of ether oxygens (including phenoxy) is 1. The van der Waals surface area contributed by atoms with Gasteiger partial charge in [0.05, 0.1) is 18.1 Å². The summed E-state index contributed by atoms with van der Waals surface area (Å²) in [6.07, 6.45) is 2.10. The quantitative estimate of drug-likeness (QED) is 0.684. The molecule has 1 atom stereocenters. The van der Waals surface area contributed by atoms with E-state index in [1.807, 2.05) is 0 Å². The zero-order chi connectivity index (χ0) is 17.6. The molecule has 0 aromatic heterocycles. The smallest absolute Gasteiger partial charge is 0.409 e. The monoisotopic (exact) mass is 361 g/mol. The minimum atomic E-state index is -2.89. The third-order valence-corrected chi connectivity index (χ3v) is 6.17. The van der Waals surface area contributed by atoms with Crippen LogP contribution in [-0.2, 0) is 19.4 Å². The molecule has 0 radical (unpaired) electrons. The number of likely N-dealkylation sites (tertiary alicyclic amines) is 1. The van der Waals surface area contributed by atoms with Crippen LogP contribution in [0.2, 0.25) is 0 Å². The topological polar surface area (TPSA) is 105 Å². The molecule has 2 saturated heterocycles. The van der Waals surface area contributed by atoms with Crippen molar-refractivity contribution in [1.82, 2.24) is 15.5 Å². The third kappa shape index (κ3) is 5.94. The lowest BCUT2D eigenvalue weighted by molar-refractivity contribution is -0.122. The lowest BCUT2D eigenvalue weighted by atomic mass is 10.1. The van der Waals surface area contributed by atoms with Crippen LogP contribution in [0.25, 0.3) is 0 Å². The zero-order valence-electron chi connectivity index (χ0n) is 14.1. The van der Waals surface area contributed by atoms with Gasteiger partial charge in [0.2, 0.25) is 5.91 Å². The molecule has 2 heterocycles. The molecule has 2 fully saturated rings. The molecule has 2 aliphatic heterocycles. The summed E-state index contributed by atoms with van der Waals surface area (Å²) in [6, 6.07) is 0.0469. The molecule has 2 amide bonds. The van der Waals surface area contributed by atoms with Crippen LogP contribution in [-0.4, -0.2) is 75.1 Å². The SMILES string of the molecule is CCOC(=O)N1CCC(NC(=O)CCNC2CCS(=O)(=O)C2)CC1. The van der Waals surface area contributed by atoms with Gasteiger partial charge in [-0.05, 0) is 26.2 Å². The predicted molar refractivity (Wildman–Crippen MR) is 89.4 cm³/mol. The fraction of sp³-hybridized carbons (Fsp3) is 0.867. The van der Waals surface area contributed by atoms with Crippen molar-refractivity contribution >= 4 is 21.8 Å². The number of rotatable bonds is 6. The Balaban J connectivity index is 1.59. The van der Waals surface area contributed by atoms with Crippen LogP contribution < -0.4 is 10.6 Å². The molecule has 0 saturated carbocycles. The molecule has 0 aromatic carbocycles. The molecule has 24 heavy (non-hydrogen) atoms. The van der Waals surface area contributed by atoms with Gasteiger partial charge in [0.15, 0.2) is 9.84 Å². The highest BCUT2D eigenvalue weighted by atomic mass is 32.2. The average Bonchev–Trinajstić information content (AvgIpc) is 2.87. The van der Waals surface area contributed by atoms with Crippen molar-refractivity contribution in [2.45, 2.75) is 44.7 Å². The van der Waals surface area contributed by atoms with Gasteiger partial charge in [0.1, 0.15) is 0 Å². The third-order valence-electron chi connectivity index (χ3n) is 4.40. The average molecular weight is 361 g/mol. The summed E-state index contributed by atoms with van der Waals surface area (Å²) in [5, 5.41) is 6.11. The molecule has 2 N–H and O–H groups in total. The Morgan fingerprint density at radius 1 is 1.17 bits per heavy atom. The van der Waals surface area contributed by atoms with Crippen LogP contribution in [0, 0.1) is 0 Å². The van der Waals surface area contributed by atoms with E-state index in [1.165, 1.54) is 0 Å². The number of amides is 2. The Labute approximate surface area is 143 Å². The highest BCUT2D eigenvalue weighted by Crippen LogP contribution is 2.12. The molecule has 0 bridgehead atoms. The first-order valence-electron chi connectivity index (χ1n) is 8.54. The summed E-state index contributed by atoms with van der Waals surface area (Å²) in [5.74, 6) is 0.356. The first-order chi connectivity index (χ1) is 11.4. The van der Waals surface area contributed by atoms with Gasteiger partial charge in [0, 0.05) is 38.1 Å². The Morgan fingerprint density at radius 2 is 1.88 bits per heavy atom. The fourth-order valence-electron chi connectivity index (χ4n) is 3.07. The number of hydrogen-bond acceptors (Lipinski definition) is 6. The van der Waals surface area contributed by atoms with Gasteiger partial charge in [0.25, 0.3) is 0 Å². The summed E-state index contributed by atoms with van der Waals surface area (Å²) >= 11 is 0. The predicted octanol–water partition coefficient (Wildman–Crippen LogP) is -0.110. The van der Waals surface area contributed by atoms with Crippen molar-refractivity contribution in [1.29, 1.82) is 0 Å². The lowest BCUT2D eigenvalue weighted by Gasteiger charge is -2.31. The van der Waals surface area contributed by atoms with Crippen molar-refractivity contribution in [3.63, 3.8) is 0 Å². The van der Waals surface area contributed by atoms with Gasteiger partial charge < -0.3 is 20.3 Å². The molecular weight excluding hydrogens is 334 g/mol. The molecule has 0 aromatic rings. The van der Waals surface area contributed by atoms with Crippen molar-refractivity contribution in [2.75, 3.05) is 37.7 Å². The van der Waals surface area contributed by atoms with E-state index < -0.39 is 9.84 Å². The number of hydrogen-bond donors (Lipinski definition) is 2. The van der Waals surface area contributed by atoms with Crippen LogP contribution in [0.15, 0.2) is 0 Å². The first-order valence-corrected chi connectivity index (χ1v) is 10.4. The molecule has 2 rings (SSSR count). The summed E-state index contributed by atoms with van der Waals surface area (Å²) < 4.78 is 27.7. The molecular formula is C15H27N3O5S. The van der Waals surface area contributed by atoms with Gasteiger partial charge in [-0.15, -0.1) is 0 Å². The number of nitrogens with zero attached hydrogens (tertiary/aromatic N) is 1. The van der Waals surface area contributed by atoms with Crippen molar-refractivity contribution in [2.24, 2.45) is 0 Å². The molecule has 2 aliphatic rings. The van der Waals surface area contributed by atoms with E-state index in [1.54, 1.807) is 11.8 Å². The van der Waals surface area contributed by atoms with Gasteiger partial charge in [-0.25, -0.2) is 13.2 Å². The zero-order valence-corrected chi connectivity index (χ0v) is 14.9. The standard InChI is InChI=1S/C15H27N3O5S/c1-2-23-15(20)18-8-4-12(5-9-18)17-14(19)3-7-16-13-6-10-24(21,22)11-13/h12-13,16H,2-11H2,1H3,(H,17,19). The van der Waals surface area contributed by atoms with E-state index in [2.05, 4.69) is 10.6 Å². The van der Waals surface area contributed by atoms with Gasteiger partial charge in [-0.1, -0.05) is 0 Å². The second-order valence-corrected chi connectivity index (χ2v) is 8.56.